The Hall–Kier alpha value is -2.30. The summed E-state index contributed by atoms with van der Waals surface area (Å²) in [7, 11) is -0.312. The van der Waals surface area contributed by atoms with E-state index in [0.717, 1.165) is 16.1 Å². The Morgan fingerprint density at radius 1 is 1.33 bits per heavy atom. The van der Waals surface area contributed by atoms with Crippen LogP contribution in [0.15, 0.2) is 53.2 Å². The monoisotopic (exact) mass is 358 g/mol. The molecule has 1 aromatic carbocycles. The SMILES string of the molecule is N#Cc1cccc(-c2c[s+](Br)c(=Nc3cnccn3)[nH]2)c1. The van der Waals surface area contributed by atoms with Crippen molar-refractivity contribution in [2.24, 2.45) is 4.99 Å². The van der Waals surface area contributed by atoms with Gasteiger partial charge in [-0.15, -0.1) is 0 Å². The Bertz CT molecular complexity index is 876. The Balaban J connectivity index is 2.06. The normalized spacial score (nSPS) is 12.2. The summed E-state index contributed by atoms with van der Waals surface area (Å²) in [6.07, 6.45) is 4.81. The molecule has 0 saturated heterocycles. The zero-order chi connectivity index (χ0) is 14.7. The molecule has 0 fully saturated rings. The molecule has 1 N–H and O–H groups in total. The van der Waals surface area contributed by atoms with Crippen molar-refractivity contribution < 1.29 is 0 Å². The number of hydrogen-bond acceptors (Lipinski definition) is 4. The van der Waals surface area contributed by atoms with Crippen LogP contribution in [0.1, 0.15) is 5.56 Å². The maximum atomic E-state index is 8.97. The molecule has 3 aromatic rings. The fourth-order valence-corrected chi connectivity index (χ4v) is 3.70. The number of nitrogens with zero attached hydrogens (tertiary/aromatic N) is 4. The van der Waals surface area contributed by atoms with E-state index in [1.807, 2.05) is 23.6 Å². The first kappa shape index (κ1) is 13.7. The van der Waals surface area contributed by atoms with E-state index in [4.69, 9.17) is 5.26 Å². The maximum Gasteiger partial charge on any atom is 0.358 e. The molecule has 2 aromatic heterocycles. The van der Waals surface area contributed by atoms with Gasteiger partial charge in [-0.3, -0.25) is 9.97 Å². The lowest BCUT2D eigenvalue weighted by Gasteiger charge is -1.94. The molecule has 21 heavy (non-hydrogen) atoms. The number of nitrogens with one attached hydrogen (secondary N) is 1. The zero-order valence-electron chi connectivity index (χ0n) is 10.7. The second kappa shape index (κ2) is 5.99. The van der Waals surface area contributed by atoms with Crippen LogP contribution >= 0.6 is 23.7 Å². The Labute approximate surface area is 130 Å². The quantitative estimate of drug-likeness (QED) is 0.712. The van der Waals surface area contributed by atoms with E-state index in [2.05, 4.69) is 40.8 Å². The van der Waals surface area contributed by atoms with Gasteiger partial charge in [0, 0.05) is 18.0 Å². The third-order valence-corrected chi connectivity index (χ3v) is 5.20. The minimum atomic E-state index is -0.312. The van der Waals surface area contributed by atoms with Gasteiger partial charge in [-0.2, -0.15) is 10.3 Å². The standard InChI is InChI=1S/C14H9BrN5S/c15-21-9-12(11-3-1-2-10(6-11)7-16)19-14(21)20-13-8-17-4-5-18-13/h1-6,8-9H,(H,18,19,20)/q+1. The Morgan fingerprint density at radius 3 is 3.00 bits per heavy atom. The second-order valence-electron chi connectivity index (χ2n) is 4.11. The second-order valence-corrected chi connectivity index (χ2v) is 7.40. The van der Waals surface area contributed by atoms with Crippen LogP contribution in [0.5, 0.6) is 0 Å². The first-order valence-electron chi connectivity index (χ1n) is 6.00. The lowest BCUT2D eigenvalue weighted by molar-refractivity contribution is 1.13. The molecule has 0 bridgehead atoms. The van der Waals surface area contributed by atoms with Gasteiger partial charge < -0.3 is 0 Å². The summed E-state index contributed by atoms with van der Waals surface area (Å²) in [5.74, 6) is 0.553. The number of thiazole rings is 1. The minimum Gasteiger partial charge on any atom is -0.289 e. The summed E-state index contributed by atoms with van der Waals surface area (Å²) in [4.78, 5) is 16.6. The molecular formula is C14H9BrN5S+. The molecule has 0 amide bonds. The van der Waals surface area contributed by atoms with Crippen LogP contribution in [-0.4, -0.2) is 15.0 Å². The molecule has 2 heterocycles. The summed E-state index contributed by atoms with van der Waals surface area (Å²) in [6, 6.07) is 9.58. The highest BCUT2D eigenvalue weighted by atomic mass is 79.9. The van der Waals surface area contributed by atoms with Gasteiger partial charge in [-0.1, -0.05) is 12.1 Å². The smallest absolute Gasteiger partial charge is 0.289 e. The topological polar surface area (TPSA) is 77.7 Å². The highest BCUT2D eigenvalue weighted by molar-refractivity contribution is 9.34. The van der Waals surface area contributed by atoms with Gasteiger partial charge in [0.2, 0.25) is 0 Å². The van der Waals surface area contributed by atoms with E-state index in [9.17, 15) is 0 Å². The number of aromatic nitrogens is 3. The van der Waals surface area contributed by atoms with Crippen LogP contribution in [0.25, 0.3) is 11.3 Å². The van der Waals surface area contributed by atoms with Crippen molar-refractivity contribution in [2.75, 3.05) is 0 Å². The summed E-state index contributed by atoms with van der Waals surface area (Å²) in [5, 5.41) is 11.0. The molecule has 3 rings (SSSR count). The molecule has 0 radical (unpaired) electrons. The first-order valence-corrected chi connectivity index (χ1v) is 9.13. The molecule has 0 aliphatic rings. The lowest BCUT2D eigenvalue weighted by Crippen LogP contribution is -1.99. The maximum absolute atomic E-state index is 8.97. The third-order valence-electron chi connectivity index (χ3n) is 2.72. The van der Waals surface area contributed by atoms with E-state index >= 15 is 0 Å². The van der Waals surface area contributed by atoms with Crippen LogP contribution in [0, 0.1) is 11.3 Å². The fourth-order valence-electron chi connectivity index (χ4n) is 1.77. The zero-order valence-corrected chi connectivity index (χ0v) is 13.1. The van der Waals surface area contributed by atoms with Crippen molar-refractivity contribution in [1.82, 2.24) is 15.0 Å². The van der Waals surface area contributed by atoms with Crippen molar-refractivity contribution >= 4 is 29.5 Å². The minimum absolute atomic E-state index is 0.312. The number of hydrogen-bond donors (Lipinski definition) is 1. The first-order chi connectivity index (χ1) is 10.3. The van der Waals surface area contributed by atoms with E-state index in [-0.39, 0.29) is 8.90 Å². The van der Waals surface area contributed by atoms with Gasteiger partial charge in [-0.25, -0.2) is 4.98 Å². The van der Waals surface area contributed by atoms with Crippen LogP contribution in [0.2, 0.25) is 0 Å². The van der Waals surface area contributed by atoms with Gasteiger partial charge in [0.25, 0.3) is 14.8 Å². The predicted molar refractivity (Wildman–Crippen MR) is 85.0 cm³/mol. The molecule has 7 heteroatoms. The fraction of sp³-hybridized carbons (Fsp3) is 0. The number of rotatable bonds is 2. The lowest BCUT2D eigenvalue weighted by atomic mass is 10.1. The van der Waals surface area contributed by atoms with E-state index in [1.165, 1.54) is 0 Å². The largest absolute Gasteiger partial charge is 0.358 e. The summed E-state index contributed by atoms with van der Waals surface area (Å²) < 4.78 is 0. The third kappa shape index (κ3) is 3.07. The molecule has 0 spiro atoms. The molecule has 0 aliphatic heterocycles. The van der Waals surface area contributed by atoms with Crippen molar-refractivity contribution in [1.29, 1.82) is 5.26 Å². The molecule has 0 saturated carbocycles. The molecule has 5 nitrogen and oxygen atoms in total. The number of H-pyrrole nitrogens is 1. The molecule has 102 valence electrons. The molecule has 1 atom stereocenters. The molecule has 0 aliphatic carbocycles. The van der Waals surface area contributed by atoms with E-state index < -0.39 is 0 Å². The average molecular weight is 359 g/mol. The van der Waals surface area contributed by atoms with Crippen LogP contribution in [0.3, 0.4) is 0 Å². The molecule has 1 unspecified atom stereocenters. The van der Waals surface area contributed by atoms with Crippen LogP contribution in [0.4, 0.5) is 5.82 Å². The van der Waals surface area contributed by atoms with Crippen molar-refractivity contribution in [3.63, 3.8) is 0 Å². The summed E-state index contributed by atoms with van der Waals surface area (Å²) in [5.41, 5.74) is 2.51. The van der Waals surface area contributed by atoms with E-state index in [0.29, 0.717) is 11.4 Å². The number of aromatic amines is 1. The highest BCUT2D eigenvalue weighted by Gasteiger charge is 2.13. The number of halogens is 1. The van der Waals surface area contributed by atoms with E-state index in [1.54, 1.807) is 24.7 Å². The Morgan fingerprint density at radius 2 is 2.24 bits per heavy atom. The average Bonchev–Trinajstić information content (AvgIpc) is 2.89. The van der Waals surface area contributed by atoms with Gasteiger partial charge in [0.05, 0.1) is 17.8 Å². The predicted octanol–water partition coefficient (Wildman–Crippen LogP) is 3.48. The van der Waals surface area contributed by atoms with Gasteiger partial charge in [0.1, 0.15) is 14.6 Å². The highest BCUT2D eigenvalue weighted by Crippen LogP contribution is 2.27. The van der Waals surface area contributed by atoms with Crippen molar-refractivity contribution in [3.8, 4) is 17.3 Å². The van der Waals surface area contributed by atoms with Crippen LogP contribution < -0.4 is 4.80 Å². The van der Waals surface area contributed by atoms with Crippen molar-refractivity contribution in [3.05, 3.63) is 58.6 Å². The molecular weight excluding hydrogens is 350 g/mol. The van der Waals surface area contributed by atoms with Gasteiger partial charge >= 0.3 is 4.80 Å². The van der Waals surface area contributed by atoms with Crippen LogP contribution in [-0.2, 0) is 0 Å². The summed E-state index contributed by atoms with van der Waals surface area (Å²) >= 11 is 3.58. The summed E-state index contributed by atoms with van der Waals surface area (Å²) in [6.45, 7) is 0. The van der Waals surface area contributed by atoms with Gasteiger partial charge in [0.15, 0.2) is 11.2 Å². The number of benzene rings is 1. The van der Waals surface area contributed by atoms with Gasteiger partial charge in [-0.05, 0) is 12.1 Å². The Kier molecular flexibility index (Phi) is 3.90. The van der Waals surface area contributed by atoms with Crippen molar-refractivity contribution in [2.45, 2.75) is 0 Å². The number of nitriles is 1.